The molecule has 2 aromatic carbocycles. The molecule has 2 aromatic rings. The molecular formula is C15H12ClF4N. The fraction of sp³-hybridized carbons (Fsp3) is 0.200. The van der Waals surface area contributed by atoms with Gasteiger partial charge in [0.1, 0.15) is 5.82 Å². The van der Waals surface area contributed by atoms with Gasteiger partial charge in [-0.25, -0.2) is 4.39 Å². The Balaban J connectivity index is 2.50. The minimum Gasteiger partial charge on any atom is -0.316 e. The Morgan fingerprint density at radius 1 is 1.10 bits per heavy atom. The van der Waals surface area contributed by atoms with E-state index < -0.39 is 17.6 Å². The summed E-state index contributed by atoms with van der Waals surface area (Å²) in [5.74, 6) is -1.29. The molecule has 6 heteroatoms. The Labute approximate surface area is 124 Å². The Hall–Kier alpha value is -1.59. The van der Waals surface area contributed by atoms with E-state index >= 15 is 0 Å². The zero-order chi connectivity index (χ0) is 15.6. The molecule has 0 amide bonds. The van der Waals surface area contributed by atoms with Crippen LogP contribution in [0.4, 0.5) is 17.6 Å². The summed E-state index contributed by atoms with van der Waals surface area (Å²) in [5.41, 5.74) is 0.531. The summed E-state index contributed by atoms with van der Waals surface area (Å²) in [6.45, 7) is 0.471. The summed E-state index contributed by atoms with van der Waals surface area (Å²) < 4.78 is 51.4. The first-order chi connectivity index (χ1) is 9.82. The van der Waals surface area contributed by atoms with Gasteiger partial charge in [-0.15, -0.1) is 0 Å². The number of halogens is 5. The lowest BCUT2D eigenvalue weighted by Gasteiger charge is -2.13. The van der Waals surface area contributed by atoms with Gasteiger partial charge in [-0.05, 0) is 48.0 Å². The van der Waals surface area contributed by atoms with Crippen LogP contribution in [0.15, 0.2) is 36.4 Å². The molecule has 0 unspecified atom stereocenters. The standard InChI is InChI=1S/C15H12ClF4N/c1-21-8-10-6-11(16)3-4-12(10)9-2-5-13(14(17)7-9)15(18,19)20/h2-7,21H,8H2,1H3. The van der Waals surface area contributed by atoms with Gasteiger partial charge in [0, 0.05) is 11.6 Å². The number of benzene rings is 2. The van der Waals surface area contributed by atoms with E-state index in [2.05, 4.69) is 5.32 Å². The second-order valence-corrected chi connectivity index (χ2v) is 4.96. The maximum absolute atomic E-state index is 13.7. The van der Waals surface area contributed by atoms with Crippen molar-refractivity contribution in [3.8, 4) is 11.1 Å². The highest BCUT2D eigenvalue weighted by molar-refractivity contribution is 6.30. The smallest absolute Gasteiger partial charge is 0.316 e. The van der Waals surface area contributed by atoms with Gasteiger partial charge < -0.3 is 5.32 Å². The van der Waals surface area contributed by atoms with Crippen LogP contribution in [0.1, 0.15) is 11.1 Å². The van der Waals surface area contributed by atoms with Crippen molar-refractivity contribution in [2.24, 2.45) is 0 Å². The quantitative estimate of drug-likeness (QED) is 0.795. The molecule has 0 aromatic heterocycles. The first kappa shape index (κ1) is 15.8. The molecule has 0 saturated carbocycles. The van der Waals surface area contributed by atoms with Gasteiger partial charge in [-0.1, -0.05) is 23.7 Å². The molecule has 0 radical (unpaired) electrons. The topological polar surface area (TPSA) is 12.0 Å². The third kappa shape index (κ3) is 3.54. The lowest BCUT2D eigenvalue weighted by molar-refractivity contribution is -0.139. The van der Waals surface area contributed by atoms with Gasteiger partial charge in [0.2, 0.25) is 0 Å². The molecule has 1 N–H and O–H groups in total. The number of nitrogens with one attached hydrogen (secondary N) is 1. The van der Waals surface area contributed by atoms with E-state index in [1.807, 2.05) is 0 Å². The highest BCUT2D eigenvalue weighted by Crippen LogP contribution is 2.34. The molecule has 2 rings (SSSR count). The molecule has 0 atom stereocenters. The van der Waals surface area contributed by atoms with Crippen LogP contribution in [-0.2, 0) is 12.7 Å². The molecule has 0 fully saturated rings. The highest BCUT2D eigenvalue weighted by Gasteiger charge is 2.34. The normalized spacial score (nSPS) is 11.7. The first-order valence-corrected chi connectivity index (χ1v) is 6.51. The van der Waals surface area contributed by atoms with Crippen molar-refractivity contribution in [1.82, 2.24) is 5.32 Å². The Morgan fingerprint density at radius 2 is 1.81 bits per heavy atom. The van der Waals surface area contributed by atoms with Crippen LogP contribution >= 0.6 is 11.6 Å². The van der Waals surface area contributed by atoms with Crippen molar-refractivity contribution in [2.75, 3.05) is 7.05 Å². The van der Waals surface area contributed by atoms with Gasteiger partial charge in [-0.3, -0.25) is 0 Å². The monoisotopic (exact) mass is 317 g/mol. The summed E-state index contributed by atoms with van der Waals surface area (Å²) in [6.07, 6.45) is -4.70. The Kier molecular flexibility index (Phi) is 4.54. The van der Waals surface area contributed by atoms with Crippen molar-refractivity contribution in [3.05, 3.63) is 58.4 Å². The van der Waals surface area contributed by atoms with E-state index in [4.69, 9.17) is 11.6 Å². The molecule has 0 aliphatic rings. The van der Waals surface area contributed by atoms with E-state index in [1.54, 1.807) is 25.2 Å². The van der Waals surface area contributed by atoms with Crippen LogP contribution in [0.25, 0.3) is 11.1 Å². The Bertz CT molecular complexity index is 653. The summed E-state index contributed by atoms with van der Waals surface area (Å²) >= 11 is 5.91. The van der Waals surface area contributed by atoms with Crippen molar-refractivity contribution in [1.29, 1.82) is 0 Å². The van der Waals surface area contributed by atoms with Crippen molar-refractivity contribution < 1.29 is 17.6 Å². The molecule has 0 aliphatic carbocycles. The van der Waals surface area contributed by atoms with Gasteiger partial charge >= 0.3 is 6.18 Å². The summed E-state index contributed by atoms with van der Waals surface area (Å²) in [7, 11) is 1.73. The lowest BCUT2D eigenvalue weighted by atomic mass is 9.98. The molecule has 112 valence electrons. The highest BCUT2D eigenvalue weighted by atomic mass is 35.5. The molecule has 0 aliphatic heterocycles. The minimum atomic E-state index is -4.70. The molecule has 0 bridgehead atoms. The average Bonchev–Trinajstić information content (AvgIpc) is 2.37. The summed E-state index contributed by atoms with van der Waals surface area (Å²) in [5, 5.41) is 3.45. The van der Waals surface area contributed by atoms with Crippen molar-refractivity contribution in [2.45, 2.75) is 12.7 Å². The fourth-order valence-corrected chi connectivity index (χ4v) is 2.29. The van der Waals surface area contributed by atoms with Crippen LogP contribution in [0.2, 0.25) is 5.02 Å². The van der Waals surface area contributed by atoms with Gasteiger partial charge in [-0.2, -0.15) is 13.2 Å². The number of hydrogen-bond donors (Lipinski definition) is 1. The predicted molar refractivity (Wildman–Crippen MR) is 74.6 cm³/mol. The van der Waals surface area contributed by atoms with E-state index in [0.29, 0.717) is 22.7 Å². The maximum Gasteiger partial charge on any atom is 0.419 e. The van der Waals surface area contributed by atoms with E-state index in [0.717, 1.165) is 17.7 Å². The predicted octanol–water partition coefficient (Wildman–Crippen LogP) is 4.88. The van der Waals surface area contributed by atoms with Crippen LogP contribution in [0, 0.1) is 5.82 Å². The van der Waals surface area contributed by atoms with E-state index in [-0.39, 0.29) is 0 Å². The number of alkyl halides is 3. The summed E-state index contributed by atoms with van der Waals surface area (Å²) in [6, 6.07) is 7.88. The van der Waals surface area contributed by atoms with Gasteiger partial charge in [0.05, 0.1) is 5.56 Å². The molecule has 1 nitrogen and oxygen atoms in total. The van der Waals surface area contributed by atoms with Crippen molar-refractivity contribution >= 4 is 11.6 Å². The number of hydrogen-bond acceptors (Lipinski definition) is 1. The Morgan fingerprint density at radius 3 is 2.38 bits per heavy atom. The van der Waals surface area contributed by atoms with E-state index in [9.17, 15) is 17.6 Å². The second-order valence-electron chi connectivity index (χ2n) is 4.52. The average molecular weight is 318 g/mol. The molecule has 0 spiro atoms. The van der Waals surface area contributed by atoms with Crippen molar-refractivity contribution in [3.63, 3.8) is 0 Å². The third-order valence-electron chi connectivity index (χ3n) is 3.02. The van der Waals surface area contributed by atoms with E-state index in [1.165, 1.54) is 6.07 Å². The first-order valence-electron chi connectivity index (χ1n) is 6.13. The van der Waals surface area contributed by atoms with Crippen LogP contribution in [0.3, 0.4) is 0 Å². The number of rotatable bonds is 3. The maximum atomic E-state index is 13.7. The van der Waals surface area contributed by atoms with Gasteiger partial charge in [0.25, 0.3) is 0 Å². The van der Waals surface area contributed by atoms with Crippen LogP contribution < -0.4 is 5.32 Å². The van der Waals surface area contributed by atoms with Gasteiger partial charge in [0.15, 0.2) is 0 Å². The zero-order valence-corrected chi connectivity index (χ0v) is 11.8. The zero-order valence-electron chi connectivity index (χ0n) is 11.1. The molecule has 21 heavy (non-hydrogen) atoms. The largest absolute Gasteiger partial charge is 0.419 e. The minimum absolute atomic E-state index is 0.377. The van der Waals surface area contributed by atoms with Crippen LogP contribution in [0.5, 0.6) is 0 Å². The summed E-state index contributed by atoms with van der Waals surface area (Å²) in [4.78, 5) is 0. The fourth-order valence-electron chi connectivity index (χ4n) is 2.09. The van der Waals surface area contributed by atoms with Crippen LogP contribution in [-0.4, -0.2) is 7.05 Å². The second kappa shape index (κ2) is 6.03. The molecular weight excluding hydrogens is 306 g/mol. The SMILES string of the molecule is CNCc1cc(Cl)ccc1-c1ccc(C(F)(F)F)c(F)c1. The third-order valence-corrected chi connectivity index (χ3v) is 3.26. The molecule has 0 saturated heterocycles. The lowest BCUT2D eigenvalue weighted by Crippen LogP contribution is -2.09. The molecule has 0 heterocycles.